The fraction of sp³-hybridized carbons (Fsp3) is 0.312. The van der Waals surface area contributed by atoms with Crippen molar-refractivity contribution in [1.82, 2.24) is 18.3 Å². The van der Waals surface area contributed by atoms with Gasteiger partial charge in [0.2, 0.25) is 0 Å². The summed E-state index contributed by atoms with van der Waals surface area (Å²) < 4.78 is 17.3. The lowest BCUT2D eigenvalue weighted by molar-refractivity contribution is 0.411. The van der Waals surface area contributed by atoms with Gasteiger partial charge in [-0.05, 0) is 189 Å². The minimum absolute atomic E-state index is 0.300. The highest BCUT2D eigenvalue weighted by molar-refractivity contribution is 6.16. The molecule has 13 aromatic rings. The van der Waals surface area contributed by atoms with E-state index in [0.717, 1.165) is 88.4 Å². The van der Waals surface area contributed by atoms with Crippen LogP contribution in [0.15, 0.2) is 146 Å². The van der Waals surface area contributed by atoms with Crippen LogP contribution in [-0.2, 0) is 0 Å². The summed E-state index contributed by atoms with van der Waals surface area (Å²) in [6.45, 7) is 36.5. The number of hydrogen-bond acceptors (Lipinski definition) is 2. The topological polar surface area (TPSA) is 52.7 Å². The van der Waals surface area contributed by atoms with Crippen molar-refractivity contribution in [3.63, 3.8) is 0 Å². The summed E-state index contributed by atoms with van der Waals surface area (Å²) in [5.41, 5.74) is 22.1. The summed E-state index contributed by atoms with van der Waals surface area (Å²) in [5, 5.41) is 22.5. The van der Waals surface area contributed by atoms with Crippen molar-refractivity contribution in [1.29, 1.82) is 5.26 Å². The lowest BCUT2D eigenvalue weighted by Crippen LogP contribution is -2.16. The molecule has 0 aliphatic heterocycles. The van der Waals surface area contributed by atoms with Gasteiger partial charge in [-0.1, -0.05) is 159 Å². The fourth-order valence-electron chi connectivity index (χ4n) is 13.9. The van der Waals surface area contributed by atoms with E-state index >= 15 is 0 Å². The molecule has 0 N–H and O–H groups in total. The Bertz CT molecular complexity index is 4390. The van der Waals surface area contributed by atoms with Crippen LogP contribution < -0.4 is 4.74 Å². The van der Waals surface area contributed by atoms with Crippen molar-refractivity contribution in [3.8, 4) is 34.6 Å². The third-order valence-electron chi connectivity index (χ3n) is 19.1. The number of aromatic nitrogens is 4. The average Bonchev–Trinajstić information content (AvgIpc) is 1.45. The van der Waals surface area contributed by atoms with E-state index in [1.54, 1.807) is 0 Å². The van der Waals surface area contributed by atoms with E-state index in [4.69, 9.17) is 4.74 Å². The Morgan fingerprint density at radius 3 is 0.570 bits per heavy atom. The van der Waals surface area contributed by atoms with Crippen molar-refractivity contribution >= 4 is 87.2 Å². The third kappa shape index (κ3) is 8.69. The molecule has 9 aromatic carbocycles. The first-order chi connectivity index (χ1) is 41.2. The smallest absolute Gasteiger partial charge is 0.171 e. The monoisotopic (exact) mass is 1130 g/mol. The number of benzene rings is 9. The van der Waals surface area contributed by atoms with Crippen LogP contribution in [0.3, 0.4) is 0 Å². The average molecular weight is 1130 g/mol. The SMILES string of the molecule is COc1c(-n2c3ccc(C(C)C)cc3c3cc(C(C)C)ccc32)c(-n2c3ccc(C(C)C)cc3c3cc(C(C)C)ccc32)c(C#N)c(-n2c3ccc(C(C)C)cc3c3cc(C(C)C)ccc32)c1-n1c2ccc(C(C)C)cc2c2cc(C(C)C)ccc21. The molecule has 0 spiro atoms. The molecule has 0 saturated heterocycles. The maximum absolute atomic E-state index is 13.2. The highest BCUT2D eigenvalue weighted by Gasteiger charge is 2.36. The van der Waals surface area contributed by atoms with Gasteiger partial charge in [0.1, 0.15) is 23.0 Å². The van der Waals surface area contributed by atoms with E-state index in [9.17, 15) is 5.26 Å². The minimum atomic E-state index is 0.300. The van der Waals surface area contributed by atoms with Gasteiger partial charge in [0.05, 0.1) is 62.6 Å². The van der Waals surface area contributed by atoms with Gasteiger partial charge < -0.3 is 23.0 Å². The van der Waals surface area contributed by atoms with Crippen LogP contribution >= 0.6 is 0 Å². The number of rotatable bonds is 13. The van der Waals surface area contributed by atoms with Crippen molar-refractivity contribution in [2.45, 2.75) is 158 Å². The first kappa shape index (κ1) is 56.6. The molecule has 0 aliphatic rings. The van der Waals surface area contributed by atoms with Crippen LogP contribution in [-0.4, -0.2) is 25.4 Å². The Morgan fingerprint density at radius 1 is 0.267 bits per heavy atom. The van der Waals surface area contributed by atoms with E-state index in [2.05, 4.69) is 281 Å². The van der Waals surface area contributed by atoms with Gasteiger partial charge in [0, 0.05) is 43.1 Å². The quantitative estimate of drug-likeness (QED) is 0.116. The van der Waals surface area contributed by atoms with Crippen LogP contribution in [0.5, 0.6) is 5.75 Å². The summed E-state index contributed by atoms with van der Waals surface area (Å²) in [4.78, 5) is 0. The molecule has 6 nitrogen and oxygen atoms in total. The number of methoxy groups -OCH3 is 1. The number of nitrogens with zero attached hydrogens (tertiary/aromatic N) is 5. The van der Waals surface area contributed by atoms with Gasteiger partial charge in [0.15, 0.2) is 5.75 Å². The lowest BCUT2D eigenvalue weighted by Gasteiger charge is -2.28. The second-order valence-electron chi connectivity index (χ2n) is 27.2. The van der Waals surface area contributed by atoms with E-state index < -0.39 is 0 Å². The maximum atomic E-state index is 13.2. The molecule has 86 heavy (non-hydrogen) atoms. The molecule has 6 heteroatoms. The molecule has 0 radical (unpaired) electrons. The fourth-order valence-corrected chi connectivity index (χ4v) is 13.9. The van der Waals surface area contributed by atoms with Gasteiger partial charge in [-0.2, -0.15) is 5.26 Å². The summed E-state index contributed by atoms with van der Waals surface area (Å²) in [7, 11) is 1.86. The van der Waals surface area contributed by atoms with Crippen LogP contribution in [0.1, 0.15) is 208 Å². The number of ether oxygens (including phenoxy) is 1. The molecule has 0 fully saturated rings. The van der Waals surface area contributed by atoms with Crippen molar-refractivity contribution in [3.05, 3.63) is 196 Å². The van der Waals surface area contributed by atoms with Crippen molar-refractivity contribution < 1.29 is 4.74 Å². The number of nitriles is 1. The molecular weight excluding hydrogens is 1050 g/mol. The third-order valence-corrected chi connectivity index (χ3v) is 19.1. The first-order valence-electron chi connectivity index (χ1n) is 31.7. The second kappa shape index (κ2) is 21.2. The zero-order chi connectivity index (χ0) is 60.6. The molecule has 0 unspecified atom stereocenters. The van der Waals surface area contributed by atoms with Crippen LogP contribution in [0.25, 0.3) is 110 Å². The predicted octanol–water partition coefficient (Wildman–Crippen LogP) is 22.9. The predicted molar refractivity (Wildman–Crippen MR) is 368 cm³/mol. The van der Waals surface area contributed by atoms with Gasteiger partial charge >= 0.3 is 0 Å². The summed E-state index contributed by atoms with van der Waals surface area (Å²) in [6.07, 6.45) is 0. The first-order valence-corrected chi connectivity index (χ1v) is 31.7. The molecule has 13 rings (SSSR count). The Kier molecular flexibility index (Phi) is 13.9. The molecule has 4 heterocycles. The van der Waals surface area contributed by atoms with Gasteiger partial charge in [0.25, 0.3) is 0 Å². The molecule has 0 atom stereocenters. The Hall–Kier alpha value is -8.53. The van der Waals surface area contributed by atoms with Crippen LogP contribution in [0.4, 0.5) is 0 Å². The Labute approximate surface area is 508 Å². The standard InChI is InChI=1S/C80H83N5O/c1-43(2)51-18-26-68-59(34-51)60-35-52(44(3)4)19-27-69(60)82(68)76-67(42-81)77(83-70-28-20-53(45(5)6)36-61(70)62-37-54(46(7)8)21-29-71(62)83)79(85-74-32-24-57(49(13)14)40-65(74)66-41-58(50(15)16)25-33-75(66)85)80(86-17)78(76)84-72-30-22-55(47(9)10)38-63(72)64-39-56(48(11)12)23-31-73(64)84/h18-41,43-50H,1-17H3. The largest absolute Gasteiger partial charge is 0.492 e. The van der Waals surface area contributed by atoms with Crippen LogP contribution in [0, 0.1) is 11.3 Å². The summed E-state index contributed by atoms with van der Waals surface area (Å²) in [5.74, 6) is 3.08. The lowest BCUT2D eigenvalue weighted by atomic mass is 9.98. The van der Waals surface area contributed by atoms with Crippen molar-refractivity contribution in [2.24, 2.45) is 0 Å². The molecule has 434 valence electrons. The normalized spacial score (nSPS) is 12.6. The number of hydrogen-bond donors (Lipinski definition) is 0. The minimum Gasteiger partial charge on any atom is -0.492 e. The van der Waals surface area contributed by atoms with E-state index in [-0.39, 0.29) is 0 Å². The Morgan fingerprint density at radius 2 is 0.430 bits per heavy atom. The van der Waals surface area contributed by atoms with Crippen molar-refractivity contribution in [2.75, 3.05) is 7.11 Å². The highest BCUT2D eigenvalue weighted by atomic mass is 16.5. The van der Waals surface area contributed by atoms with E-state index in [1.165, 1.54) is 66.1 Å². The zero-order valence-corrected chi connectivity index (χ0v) is 53.6. The zero-order valence-electron chi connectivity index (χ0n) is 53.6. The highest BCUT2D eigenvalue weighted by Crippen LogP contribution is 2.53. The van der Waals surface area contributed by atoms with Gasteiger partial charge in [-0.15, -0.1) is 0 Å². The molecule has 4 aromatic heterocycles. The molecular formula is C80H83N5O. The molecule has 0 amide bonds. The summed E-state index contributed by atoms with van der Waals surface area (Å²) in [6, 6.07) is 59.4. The molecule has 0 saturated carbocycles. The summed E-state index contributed by atoms with van der Waals surface area (Å²) >= 11 is 0. The Balaban J connectivity index is 1.37. The van der Waals surface area contributed by atoms with Gasteiger partial charge in [-0.25, -0.2) is 0 Å². The van der Waals surface area contributed by atoms with E-state index in [1.807, 2.05) is 7.11 Å². The van der Waals surface area contributed by atoms with Gasteiger partial charge in [-0.3, -0.25) is 0 Å². The molecule has 0 bridgehead atoms. The maximum Gasteiger partial charge on any atom is 0.171 e. The van der Waals surface area contributed by atoms with Crippen LogP contribution in [0.2, 0.25) is 0 Å². The van der Waals surface area contributed by atoms with E-state index in [0.29, 0.717) is 58.7 Å². The molecule has 0 aliphatic carbocycles. The second-order valence-corrected chi connectivity index (χ2v) is 27.2. The number of fused-ring (bicyclic) bond motifs is 12.